The fraction of sp³-hybridized carbons (Fsp3) is 0.0588. The number of rotatable bonds is 2. The van der Waals surface area contributed by atoms with Gasteiger partial charge >= 0.3 is 0 Å². The number of benzene rings is 3. The Morgan fingerprint density at radius 2 is 1.48 bits per heavy atom. The molecule has 0 spiro atoms. The van der Waals surface area contributed by atoms with Crippen molar-refractivity contribution < 1.29 is 4.39 Å². The van der Waals surface area contributed by atoms with Gasteiger partial charge in [-0.25, -0.2) is 4.39 Å². The molecule has 0 aliphatic carbocycles. The Morgan fingerprint density at radius 3 is 2.14 bits per heavy atom. The minimum absolute atomic E-state index is 0.228. The van der Waals surface area contributed by atoms with Gasteiger partial charge in [0.05, 0.1) is 5.38 Å². The van der Waals surface area contributed by atoms with Crippen molar-refractivity contribution >= 4 is 54.2 Å². The van der Waals surface area contributed by atoms with Crippen LogP contribution in [-0.2, 0) is 0 Å². The molecule has 0 amide bonds. The van der Waals surface area contributed by atoms with Crippen LogP contribution in [0.25, 0.3) is 10.8 Å². The Kier molecular flexibility index (Phi) is 4.34. The lowest BCUT2D eigenvalue weighted by Crippen LogP contribution is -1.96. The molecule has 0 aromatic heterocycles. The van der Waals surface area contributed by atoms with Gasteiger partial charge in [-0.3, -0.25) is 0 Å². The van der Waals surface area contributed by atoms with Gasteiger partial charge < -0.3 is 0 Å². The zero-order chi connectivity index (χ0) is 15.0. The highest BCUT2D eigenvalue weighted by atomic mass is 79.9. The molecular weight excluding hydrogens is 418 g/mol. The smallest absolute Gasteiger partial charge is 0.131 e. The third-order valence-electron chi connectivity index (χ3n) is 3.36. The summed E-state index contributed by atoms with van der Waals surface area (Å²) in [5.74, 6) is -0.228. The molecule has 3 rings (SSSR count). The van der Waals surface area contributed by atoms with Gasteiger partial charge in [0.2, 0.25) is 0 Å². The lowest BCUT2D eigenvalue weighted by atomic mass is 9.98. The summed E-state index contributed by atoms with van der Waals surface area (Å²) < 4.78 is 15.8. The number of fused-ring (bicyclic) bond motifs is 1. The predicted molar refractivity (Wildman–Crippen MR) is 93.4 cm³/mol. The van der Waals surface area contributed by atoms with Crippen molar-refractivity contribution in [2.24, 2.45) is 0 Å². The van der Waals surface area contributed by atoms with Crippen LogP contribution in [-0.4, -0.2) is 0 Å². The maximum Gasteiger partial charge on any atom is 0.131 e. The van der Waals surface area contributed by atoms with E-state index in [1.807, 2.05) is 36.4 Å². The van der Waals surface area contributed by atoms with E-state index in [9.17, 15) is 4.39 Å². The van der Waals surface area contributed by atoms with E-state index in [1.165, 1.54) is 6.07 Å². The third kappa shape index (κ3) is 3.01. The number of alkyl halides is 1. The first-order valence-electron chi connectivity index (χ1n) is 6.33. The molecule has 0 fully saturated rings. The molecule has 0 nitrogen and oxygen atoms in total. The van der Waals surface area contributed by atoms with Crippen molar-refractivity contribution in [1.29, 1.82) is 0 Å². The quantitative estimate of drug-likeness (QED) is 0.392. The van der Waals surface area contributed by atoms with Crippen LogP contribution in [0.5, 0.6) is 0 Å². The van der Waals surface area contributed by atoms with Gasteiger partial charge in [0, 0.05) is 14.3 Å². The number of hydrogen-bond donors (Lipinski definition) is 0. The second kappa shape index (κ2) is 6.07. The summed E-state index contributed by atoms with van der Waals surface area (Å²) in [6.45, 7) is 0. The molecule has 0 aliphatic heterocycles. The molecule has 0 bridgehead atoms. The average Bonchev–Trinajstić information content (AvgIpc) is 2.46. The van der Waals surface area contributed by atoms with E-state index in [0.29, 0.717) is 5.39 Å². The summed E-state index contributed by atoms with van der Waals surface area (Å²) in [5.41, 5.74) is 1.85. The zero-order valence-corrected chi connectivity index (χ0v) is 14.7. The summed E-state index contributed by atoms with van der Waals surface area (Å²) in [7, 11) is 0. The summed E-state index contributed by atoms with van der Waals surface area (Å²) in [4.78, 5) is 0. The monoisotopic (exact) mass is 426 g/mol. The Hall–Kier alpha value is -0.900. The lowest BCUT2D eigenvalue weighted by molar-refractivity contribution is 0.639. The summed E-state index contributed by atoms with van der Waals surface area (Å²) in [6, 6.07) is 16.5. The Bertz CT molecular complexity index is 797. The first kappa shape index (κ1) is 15.0. The average molecular weight is 429 g/mol. The van der Waals surface area contributed by atoms with E-state index in [-0.39, 0.29) is 11.2 Å². The Morgan fingerprint density at radius 1 is 0.857 bits per heavy atom. The van der Waals surface area contributed by atoms with E-state index < -0.39 is 0 Å². The maximum absolute atomic E-state index is 13.9. The molecule has 0 radical (unpaired) electrons. The highest BCUT2D eigenvalue weighted by Crippen LogP contribution is 2.36. The molecule has 1 unspecified atom stereocenters. The summed E-state index contributed by atoms with van der Waals surface area (Å²) in [6.07, 6.45) is 0. The number of halogens is 4. The summed E-state index contributed by atoms with van der Waals surface area (Å²) >= 11 is 13.6. The van der Waals surface area contributed by atoms with Gasteiger partial charge in [-0.05, 0) is 40.8 Å². The molecule has 1 atom stereocenters. The normalized spacial score (nSPS) is 12.6. The van der Waals surface area contributed by atoms with E-state index in [2.05, 4.69) is 31.9 Å². The van der Waals surface area contributed by atoms with Gasteiger partial charge in [-0.1, -0.05) is 62.2 Å². The standard InChI is InChI=1S/C17H10Br2ClF/c18-11-7-10(8-12(19)9-11)17(20)15-5-6-16(21)14-4-2-1-3-13(14)15/h1-9,17H. The molecule has 0 saturated heterocycles. The molecule has 3 aromatic carbocycles. The minimum Gasteiger partial charge on any atom is -0.206 e. The Balaban J connectivity index is 2.18. The van der Waals surface area contributed by atoms with Gasteiger partial charge in [0.1, 0.15) is 5.82 Å². The zero-order valence-electron chi connectivity index (χ0n) is 10.8. The number of hydrogen-bond acceptors (Lipinski definition) is 0. The molecule has 0 aliphatic rings. The highest BCUT2D eigenvalue weighted by molar-refractivity contribution is 9.11. The first-order valence-corrected chi connectivity index (χ1v) is 8.36. The van der Waals surface area contributed by atoms with Crippen LogP contribution in [0.3, 0.4) is 0 Å². The summed E-state index contributed by atoms with van der Waals surface area (Å²) in [5, 5.41) is 1.09. The van der Waals surface area contributed by atoms with Crippen LogP contribution in [0.4, 0.5) is 4.39 Å². The molecule has 0 N–H and O–H groups in total. The highest BCUT2D eigenvalue weighted by Gasteiger charge is 2.16. The molecule has 21 heavy (non-hydrogen) atoms. The second-order valence-corrected chi connectivity index (χ2v) is 7.02. The molecule has 0 heterocycles. The van der Waals surface area contributed by atoms with E-state index in [1.54, 1.807) is 12.1 Å². The van der Waals surface area contributed by atoms with Crippen LogP contribution in [0.2, 0.25) is 0 Å². The fourth-order valence-electron chi connectivity index (χ4n) is 2.41. The van der Waals surface area contributed by atoms with Crippen LogP contribution >= 0.6 is 43.5 Å². The first-order chi connectivity index (χ1) is 10.1. The van der Waals surface area contributed by atoms with E-state index in [4.69, 9.17) is 11.6 Å². The van der Waals surface area contributed by atoms with Crippen molar-refractivity contribution in [2.75, 3.05) is 0 Å². The third-order valence-corrected chi connectivity index (χ3v) is 4.76. The van der Waals surface area contributed by atoms with Crippen molar-refractivity contribution in [3.05, 3.63) is 80.5 Å². The predicted octanol–water partition coefficient (Wildman–Crippen LogP) is 6.83. The van der Waals surface area contributed by atoms with Crippen molar-refractivity contribution in [1.82, 2.24) is 0 Å². The van der Waals surface area contributed by atoms with E-state index in [0.717, 1.165) is 25.5 Å². The lowest BCUT2D eigenvalue weighted by Gasteiger charge is -2.14. The van der Waals surface area contributed by atoms with Crippen molar-refractivity contribution in [3.8, 4) is 0 Å². The van der Waals surface area contributed by atoms with Crippen LogP contribution in [0.1, 0.15) is 16.5 Å². The van der Waals surface area contributed by atoms with Gasteiger partial charge in [0.25, 0.3) is 0 Å². The van der Waals surface area contributed by atoms with Crippen LogP contribution in [0, 0.1) is 5.82 Å². The topological polar surface area (TPSA) is 0 Å². The van der Waals surface area contributed by atoms with Crippen molar-refractivity contribution in [3.63, 3.8) is 0 Å². The fourth-order valence-corrected chi connectivity index (χ4v) is 4.05. The molecule has 106 valence electrons. The largest absolute Gasteiger partial charge is 0.206 e. The molecule has 0 saturated carbocycles. The van der Waals surface area contributed by atoms with Crippen molar-refractivity contribution in [2.45, 2.75) is 5.38 Å². The SMILES string of the molecule is Fc1ccc(C(Cl)c2cc(Br)cc(Br)c2)c2ccccc12. The maximum atomic E-state index is 13.9. The molecule has 3 aromatic rings. The van der Waals surface area contributed by atoms with E-state index >= 15 is 0 Å². The second-order valence-electron chi connectivity index (χ2n) is 4.75. The van der Waals surface area contributed by atoms with Gasteiger partial charge in [0.15, 0.2) is 0 Å². The minimum atomic E-state index is -0.343. The van der Waals surface area contributed by atoms with Crippen LogP contribution < -0.4 is 0 Å². The molecular formula is C17H10Br2ClF. The van der Waals surface area contributed by atoms with Crippen LogP contribution in [0.15, 0.2) is 63.5 Å². The Labute approximate surface area is 144 Å². The van der Waals surface area contributed by atoms with Gasteiger partial charge in [-0.15, -0.1) is 11.6 Å². The molecule has 4 heteroatoms. The van der Waals surface area contributed by atoms with Gasteiger partial charge in [-0.2, -0.15) is 0 Å².